The molecule has 0 aliphatic carbocycles. The monoisotopic (exact) mass is 269 g/mol. The molecule has 3 heteroatoms. The van der Waals surface area contributed by atoms with Crippen LogP contribution in [0.25, 0.3) is 10.8 Å². The molecule has 0 bridgehead atoms. The summed E-state index contributed by atoms with van der Waals surface area (Å²) in [6, 6.07) is 14.1. The molecule has 0 radical (unpaired) electrons. The largest absolute Gasteiger partial charge is 0.378 e. The second kappa shape index (κ2) is 6.06. The van der Waals surface area contributed by atoms with Crippen LogP contribution in [-0.2, 0) is 9.53 Å². The molecule has 1 fully saturated rings. The maximum absolute atomic E-state index is 11.9. The molecule has 3 nitrogen and oxygen atoms in total. The lowest BCUT2D eigenvalue weighted by Gasteiger charge is -2.10. The van der Waals surface area contributed by atoms with Crippen molar-refractivity contribution in [1.82, 2.24) is 0 Å². The fourth-order valence-corrected chi connectivity index (χ4v) is 2.65. The van der Waals surface area contributed by atoms with Gasteiger partial charge in [0.05, 0.1) is 6.10 Å². The van der Waals surface area contributed by atoms with Crippen LogP contribution in [0.2, 0.25) is 0 Å². The van der Waals surface area contributed by atoms with Gasteiger partial charge in [0.25, 0.3) is 0 Å². The normalized spacial score (nSPS) is 18.3. The van der Waals surface area contributed by atoms with Crippen LogP contribution in [-0.4, -0.2) is 18.6 Å². The molecule has 3 rings (SSSR count). The first-order chi connectivity index (χ1) is 9.81. The van der Waals surface area contributed by atoms with E-state index in [1.807, 2.05) is 30.3 Å². The molecule has 1 aliphatic rings. The summed E-state index contributed by atoms with van der Waals surface area (Å²) in [5.74, 6) is 0.0655. The van der Waals surface area contributed by atoms with Crippen molar-refractivity contribution in [3.8, 4) is 0 Å². The highest BCUT2D eigenvalue weighted by Crippen LogP contribution is 2.20. The zero-order valence-corrected chi connectivity index (χ0v) is 11.5. The third kappa shape index (κ3) is 3.17. The van der Waals surface area contributed by atoms with Crippen molar-refractivity contribution in [2.45, 2.75) is 31.8 Å². The number of rotatable bonds is 4. The quantitative estimate of drug-likeness (QED) is 0.918. The lowest BCUT2D eigenvalue weighted by atomic mass is 10.1. The Labute approximate surface area is 118 Å². The fraction of sp³-hybridized carbons (Fsp3) is 0.353. The maximum Gasteiger partial charge on any atom is 0.224 e. The summed E-state index contributed by atoms with van der Waals surface area (Å²) in [4.78, 5) is 11.9. The Bertz CT molecular complexity index is 603. The van der Waals surface area contributed by atoms with E-state index in [-0.39, 0.29) is 12.0 Å². The van der Waals surface area contributed by atoms with E-state index < -0.39 is 0 Å². The van der Waals surface area contributed by atoms with Crippen LogP contribution in [0.15, 0.2) is 42.5 Å². The van der Waals surface area contributed by atoms with E-state index in [4.69, 9.17) is 4.74 Å². The molecule has 0 spiro atoms. The first-order valence-corrected chi connectivity index (χ1v) is 7.21. The molecule has 0 saturated carbocycles. The Morgan fingerprint density at radius 2 is 2.05 bits per heavy atom. The van der Waals surface area contributed by atoms with E-state index in [9.17, 15) is 4.79 Å². The van der Waals surface area contributed by atoms with Crippen molar-refractivity contribution in [2.24, 2.45) is 0 Å². The van der Waals surface area contributed by atoms with Gasteiger partial charge in [0, 0.05) is 18.7 Å². The molecule has 2 aromatic rings. The van der Waals surface area contributed by atoms with Gasteiger partial charge in [0.15, 0.2) is 0 Å². The van der Waals surface area contributed by atoms with Gasteiger partial charge < -0.3 is 10.1 Å². The maximum atomic E-state index is 11.9. The van der Waals surface area contributed by atoms with Crippen molar-refractivity contribution in [2.75, 3.05) is 11.9 Å². The van der Waals surface area contributed by atoms with Crippen molar-refractivity contribution < 1.29 is 9.53 Å². The number of fused-ring (bicyclic) bond motifs is 1. The van der Waals surface area contributed by atoms with Crippen LogP contribution >= 0.6 is 0 Å². The number of carbonyl (C=O) groups is 1. The molecule has 1 aliphatic heterocycles. The third-order valence-corrected chi connectivity index (χ3v) is 3.75. The smallest absolute Gasteiger partial charge is 0.224 e. The zero-order valence-electron chi connectivity index (χ0n) is 11.5. The summed E-state index contributed by atoms with van der Waals surface area (Å²) in [5, 5.41) is 5.29. The third-order valence-electron chi connectivity index (χ3n) is 3.75. The highest BCUT2D eigenvalue weighted by Gasteiger charge is 2.16. The van der Waals surface area contributed by atoms with Gasteiger partial charge in [0.2, 0.25) is 5.91 Å². The molecule has 104 valence electrons. The highest BCUT2D eigenvalue weighted by molar-refractivity contribution is 5.94. The molecule has 20 heavy (non-hydrogen) atoms. The Morgan fingerprint density at radius 3 is 2.85 bits per heavy atom. The first kappa shape index (κ1) is 13.1. The van der Waals surface area contributed by atoms with Crippen LogP contribution in [0.3, 0.4) is 0 Å². The van der Waals surface area contributed by atoms with E-state index >= 15 is 0 Å². The molecule has 1 amide bonds. The predicted octanol–water partition coefficient (Wildman–Crippen LogP) is 3.74. The van der Waals surface area contributed by atoms with E-state index in [1.54, 1.807) is 0 Å². The lowest BCUT2D eigenvalue weighted by Crippen LogP contribution is -2.15. The van der Waals surface area contributed by atoms with Gasteiger partial charge >= 0.3 is 0 Å². The molecule has 1 heterocycles. The summed E-state index contributed by atoms with van der Waals surface area (Å²) in [7, 11) is 0. The second-order valence-corrected chi connectivity index (χ2v) is 5.28. The van der Waals surface area contributed by atoms with Crippen LogP contribution in [0.1, 0.15) is 25.7 Å². The number of anilines is 1. The number of ether oxygens (including phenoxy) is 1. The summed E-state index contributed by atoms with van der Waals surface area (Å²) in [6.45, 7) is 0.844. The van der Waals surface area contributed by atoms with E-state index in [1.165, 1.54) is 5.39 Å². The van der Waals surface area contributed by atoms with Gasteiger partial charge in [-0.05, 0) is 42.2 Å². The fourth-order valence-electron chi connectivity index (χ4n) is 2.65. The average molecular weight is 269 g/mol. The number of carbonyl (C=O) groups excluding carboxylic acids is 1. The minimum absolute atomic E-state index is 0.0655. The molecule has 0 aromatic heterocycles. The van der Waals surface area contributed by atoms with E-state index in [2.05, 4.69) is 17.4 Å². The van der Waals surface area contributed by atoms with Crippen molar-refractivity contribution >= 4 is 22.4 Å². The van der Waals surface area contributed by atoms with Gasteiger partial charge in [-0.25, -0.2) is 0 Å². The molecular formula is C17H19NO2. The average Bonchev–Trinajstić information content (AvgIpc) is 2.98. The standard InChI is InChI=1S/C17H19NO2/c19-17(10-9-16-6-3-11-20-16)18-15-8-7-13-4-1-2-5-14(13)12-15/h1-2,4-5,7-8,12,16H,3,6,9-11H2,(H,18,19). The van der Waals surface area contributed by atoms with Crippen LogP contribution in [0.5, 0.6) is 0 Å². The molecule has 1 unspecified atom stereocenters. The van der Waals surface area contributed by atoms with Gasteiger partial charge in [0.1, 0.15) is 0 Å². The van der Waals surface area contributed by atoms with E-state index in [0.29, 0.717) is 6.42 Å². The van der Waals surface area contributed by atoms with Crippen LogP contribution in [0, 0.1) is 0 Å². The van der Waals surface area contributed by atoms with Gasteiger partial charge in [-0.2, -0.15) is 0 Å². The molecular weight excluding hydrogens is 250 g/mol. The molecule has 1 atom stereocenters. The first-order valence-electron chi connectivity index (χ1n) is 7.21. The van der Waals surface area contributed by atoms with Crippen molar-refractivity contribution in [3.05, 3.63) is 42.5 Å². The summed E-state index contributed by atoms with van der Waals surface area (Å²) in [6.07, 6.45) is 3.83. The molecule has 1 saturated heterocycles. The second-order valence-electron chi connectivity index (χ2n) is 5.28. The highest BCUT2D eigenvalue weighted by atomic mass is 16.5. The Kier molecular flexibility index (Phi) is 3.97. The topological polar surface area (TPSA) is 38.3 Å². The number of benzene rings is 2. The van der Waals surface area contributed by atoms with Crippen LogP contribution in [0.4, 0.5) is 5.69 Å². The molecule has 2 aromatic carbocycles. The Balaban J connectivity index is 1.59. The summed E-state index contributed by atoms with van der Waals surface area (Å²) >= 11 is 0. The van der Waals surface area contributed by atoms with Crippen LogP contribution < -0.4 is 5.32 Å². The number of hydrogen-bond donors (Lipinski definition) is 1. The summed E-state index contributed by atoms with van der Waals surface area (Å²) in [5.41, 5.74) is 0.862. The Morgan fingerprint density at radius 1 is 1.20 bits per heavy atom. The molecule has 1 N–H and O–H groups in total. The SMILES string of the molecule is O=C(CCC1CCCO1)Nc1ccc2ccccc2c1. The number of amides is 1. The minimum atomic E-state index is 0.0655. The van der Waals surface area contributed by atoms with E-state index in [0.717, 1.165) is 36.9 Å². The van der Waals surface area contributed by atoms with Gasteiger partial charge in [-0.1, -0.05) is 30.3 Å². The zero-order chi connectivity index (χ0) is 13.8. The van der Waals surface area contributed by atoms with Gasteiger partial charge in [-0.3, -0.25) is 4.79 Å². The van der Waals surface area contributed by atoms with Gasteiger partial charge in [-0.15, -0.1) is 0 Å². The summed E-state index contributed by atoms with van der Waals surface area (Å²) < 4.78 is 5.53. The number of hydrogen-bond acceptors (Lipinski definition) is 2. The lowest BCUT2D eigenvalue weighted by molar-refractivity contribution is -0.116. The Hall–Kier alpha value is -1.87. The minimum Gasteiger partial charge on any atom is -0.378 e. The van der Waals surface area contributed by atoms with Crippen molar-refractivity contribution in [1.29, 1.82) is 0 Å². The number of nitrogens with one attached hydrogen (secondary N) is 1. The predicted molar refractivity (Wildman–Crippen MR) is 80.8 cm³/mol. The van der Waals surface area contributed by atoms with Crippen molar-refractivity contribution in [3.63, 3.8) is 0 Å².